The van der Waals surface area contributed by atoms with Crippen LogP contribution in [0, 0.1) is 0 Å². The SMILES string of the molecule is CCCCCCC/C=C/[C@@H](O)[C@@H](N)CO. The molecule has 0 saturated heterocycles. The minimum atomic E-state index is -0.717. The number of aliphatic hydroxyl groups excluding tert-OH is 2. The van der Waals surface area contributed by atoms with Crippen molar-refractivity contribution in [2.24, 2.45) is 5.73 Å². The van der Waals surface area contributed by atoms with E-state index in [9.17, 15) is 5.11 Å². The van der Waals surface area contributed by atoms with E-state index in [1.54, 1.807) is 6.08 Å². The third-order valence-corrected chi connectivity index (χ3v) is 2.46. The monoisotopic (exact) mass is 215 g/mol. The zero-order valence-electron chi connectivity index (χ0n) is 9.73. The molecule has 0 bridgehead atoms. The van der Waals surface area contributed by atoms with Crippen LogP contribution in [0.3, 0.4) is 0 Å². The third-order valence-electron chi connectivity index (χ3n) is 2.46. The van der Waals surface area contributed by atoms with Crippen molar-refractivity contribution in [1.82, 2.24) is 0 Å². The van der Waals surface area contributed by atoms with Gasteiger partial charge < -0.3 is 15.9 Å². The van der Waals surface area contributed by atoms with Crippen LogP contribution in [0.25, 0.3) is 0 Å². The van der Waals surface area contributed by atoms with Gasteiger partial charge in [0, 0.05) is 0 Å². The Hall–Kier alpha value is -0.380. The van der Waals surface area contributed by atoms with Crippen molar-refractivity contribution < 1.29 is 10.2 Å². The average molecular weight is 215 g/mol. The highest BCUT2D eigenvalue weighted by Crippen LogP contribution is 2.05. The number of nitrogens with two attached hydrogens (primary N) is 1. The van der Waals surface area contributed by atoms with Gasteiger partial charge >= 0.3 is 0 Å². The van der Waals surface area contributed by atoms with Gasteiger partial charge in [-0.3, -0.25) is 0 Å². The average Bonchev–Trinajstić information content (AvgIpc) is 2.26. The molecule has 0 aromatic carbocycles. The van der Waals surface area contributed by atoms with Crippen molar-refractivity contribution in [2.45, 2.75) is 57.6 Å². The maximum Gasteiger partial charge on any atom is 0.0894 e. The van der Waals surface area contributed by atoms with Gasteiger partial charge in [-0.05, 0) is 12.8 Å². The van der Waals surface area contributed by atoms with E-state index < -0.39 is 12.1 Å². The van der Waals surface area contributed by atoms with Crippen LogP contribution in [0.4, 0.5) is 0 Å². The lowest BCUT2D eigenvalue weighted by molar-refractivity contribution is 0.144. The summed E-state index contributed by atoms with van der Waals surface area (Å²) >= 11 is 0. The summed E-state index contributed by atoms with van der Waals surface area (Å²) in [5.74, 6) is 0. The summed E-state index contributed by atoms with van der Waals surface area (Å²) in [5.41, 5.74) is 5.45. The first-order chi connectivity index (χ1) is 7.22. The molecule has 0 radical (unpaired) electrons. The quantitative estimate of drug-likeness (QED) is 0.404. The highest BCUT2D eigenvalue weighted by molar-refractivity contribution is 4.93. The summed E-state index contributed by atoms with van der Waals surface area (Å²) in [6.45, 7) is 2.02. The highest BCUT2D eigenvalue weighted by Gasteiger charge is 2.08. The molecule has 0 saturated carbocycles. The highest BCUT2D eigenvalue weighted by atomic mass is 16.3. The van der Waals surface area contributed by atoms with Crippen LogP contribution in [0.15, 0.2) is 12.2 Å². The molecule has 2 atom stereocenters. The lowest BCUT2D eigenvalue weighted by Crippen LogP contribution is -2.36. The molecule has 0 amide bonds. The van der Waals surface area contributed by atoms with Gasteiger partial charge in [0.15, 0.2) is 0 Å². The largest absolute Gasteiger partial charge is 0.395 e. The Morgan fingerprint density at radius 3 is 2.47 bits per heavy atom. The molecule has 90 valence electrons. The van der Waals surface area contributed by atoms with Crippen LogP contribution in [-0.4, -0.2) is 29.0 Å². The summed E-state index contributed by atoms with van der Waals surface area (Å²) in [4.78, 5) is 0. The Bertz CT molecular complexity index is 160. The Morgan fingerprint density at radius 1 is 1.20 bits per heavy atom. The van der Waals surface area contributed by atoms with Crippen LogP contribution in [-0.2, 0) is 0 Å². The molecule has 0 aliphatic carbocycles. The molecular formula is C12H25NO2. The fraction of sp³-hybridized carbons (Fsp3) is 0.833. The van der Waals surface area contributed by atoms with Crippen molar-refractivity contribution in [2.75, 3.05) is 6.61 Å². The van der Waals surface area contributed by atoms with Crippen molar-refractivity contribution in [3.8, 4) is 0 Å². The number of aliphatic hydroxyl groups is 2. The molecular weight excluding hydrogens is 190 g/mol. The zero-order valence-corrected chi connectivity index (χ0v) is 9.73. The molecule has 15 heavy (non-hydrogen) atoms. The van der Waals surface area contributed by atoms with Crippen molar-refractivity contribution >= 4 is 0 Å². The van der Waals surface area contributed by atoms with Crippen LogP contribution in [0.5, 0.6) is 0 Å². The maximum absolute atomic E-state index is 9.39. The summed E-state index contributed by atoms with van der Waals surface area (Å²) in [5, 5.41) is 18.1. The standard InChI is InChI=1S/C12H25NO2/c1-2-3-4-5-6-7-8-9-12(15)11(13)10-14/h8-9,11-12,14-15H,2-7,10,13H2,1H3/b9-8+/t11-,12+/m0/s1. The third kappa shape index (κ3) is 8.60. The molecule has 0 unspecified atom stereocenters. The van der Waals surface area contributed by atoms with Crippen LogP contribution >= 0.6 is 0 Å². The molecule has 0 aromatic heterocycles. The topological polar surface area (TPSA) is 66.5 Å². The minimum absolute atomic E-state index is 0.179. The molecule has 0 aromatic rings. The van der Waals surface area contributed by atoms with Crippen LogP contribution in [0.2, 0.25) is 0 Å². The van der Waals surface area contributed by atoms with Gasteiger partial charge in [-0.15, -0.1) is 0 Å². The van der Waals surface area contributed by atoms with E-state index in [1.165, 1.54) is 25.7 Å². The number of allylic oxidation sites excluding steroid dienone is 1. The van der Waals surface area contributed by atoms with E-state index in [0.29, 0.717) is 0 Å². The second kappa shape index (κ2) is 10.1. The van der Waals surface area contributed by atoms with E-state index in [0.717, 1.165) is 12.8 Å². The van der Waals surface area contributed by atoms with E-state index in [-0.39, 0.29) is 6.61 Å². The van der Waals surface area contributed by atoms with Gasteiger partial charge in [0.05, 0.1) is 18.8 Å². The summed E-state index contributed by atoms with van der Waals surface area (Å²) in [6.07, 6.45) is 10.2. The summed E-state index contributed by atoms with van der Waals surface area (Å²) < 4.78 is 0. The first-order valence-corrected chi connectivity index (χ1v) is 5.93. The minimum Gasteiger partial charge on any atom is -0.395 e. The smallest absolute Gasteiger partial charge is 0.0894 e. The van der Waals surface area contributed by atoms with E-state index in [4.69, 9.17) is 10.8 Å². The molecule has 0 heterocycles. The second-order valence-corrected chi connectivity index (χ2v) is 3.97. The maximum atomic E-state index is 9.39. The molecule has 0 aliphatic heterocycles. The van der Waals surface area contributed by atoms with Gasteiger partial charge in [0.25, 0.3) is 0 Å². The fourth-order valence-electron chi connectivity index (χ4n) is 1.35. The van der Waals surface area contributed by atoms with Crippen molar-refractivity contribution in [3.63, 3.8) is 0 Å². The molecule has 3 nitrogen and oxygen atoms in total. The number of rotatable bonds is 9. The predicted octanol–water partition coefficient (Wildman–Crippen LogP) is 1.58. The van der Waals surface area contributed by atoms with E-state index in [1.807, 2.05) is 6.08 Å². The second-order valence-electron chi connectivity index (χ2n) is 3.97. The lowest BCUT2D eigenvalue weighted by Gasteiger charge is -2.11. The fourth-order valence-corrected chi connectivity index (χ4v) is 1.35. The van der Waals surface area contributed by atoms with Crippen LogP contribution < -0.4 is 5.73 Å². The van der Waals surface area contributed by atoms with Gasteiger partial charge in [0.1, 0.15) is 0 Å². The Kier molecular flexibility index (Phi) is 9.89. The van der Waals surface area contributed by atoms with Crippen LogP contribution in [0.1, 0.15) is 45.4 Å². The molecule has 0 fully saturated rings. The number of hydrogen-bond donors (Lipinski definition) is 3. The predicted molar refractivity (Wildman–Crippen MR) is 63.6 cm³/mol. The summed E-state index contributed by atoms with van der Waals surface area (Å²) in [6, 6.07) is -0.554. The van der Waals surface area contributed by atoms with Gasteiger partial charge in [-0.25, -0.2) is 0 Å². The zero-order chi connectivity index (χ0) is 11.5. The van der Waals surface area contributed by atoms with Gasteiger partial charge in [0.2, 0.25) is 0 Å². The molecule has 0 spiro atoms. The Labute approximate surface area is 93.0 Å². The van der Waals surface area contributed by atoms with Crippen molar-refractivity contribution in [3.05, 3.63) is 12.2 Å². The Morgan fingerprint density at radius 2 is 1.87 bits per heavy atom. The number of hydrogen-bond acceptors (Lipinski definition) is 3. The van der Waals surface area contributed by atoms with Crippen molar-refractivity contribution in [1.29, 1.82) is 0 Å². The first kappa shape index (κ1) is 14.6. The molecule has 0 aliphatic rings. The van der Waals surface area contributed by atoms with E-state index in [2.05, 4.69) is 6.92 Å². The Balaban J connectivity index is 3.37. The molecule has 0 rings (SSSR count). The summed E-state index contributed by atoms with van der Waals surface area (Å²) in [7, 11) is 0. The molecule has 4 N–H and O–H groups in total. The van der Waals surface area contributed by atoms with Gasteiger partial charge in [-0.1, -0.05) is 44.8 Å². The first-order valence-electron chi connectivity index (χ1n) is 5.93. The van der Waals surface area contributed by atoms with Gasteiger partial charge in [-0.2, -0.15) is 0 Å². The molecule has 3 heteroatoms. The number of unbranched alkanes of at least 4 members (excludes halogenated alkanes) is 5. The normalized spacial score (nSPS) is 15.7. The lowest BCUT2D eigenvalue weighted by atomic mass is 10.1. The van der Waals surface area contributed by atoms with E-state index >= 15 is 0 Å².